The number of nitrogens with one attached hydrogen (secondary N) is 1. The molecule has 1 aliphatic heterocycles. The first-order valence-corrected chi connectivity index (χ1v) is 12.6. The zero-order valence-corrected chi connectivity index (χ0v) is 20.8. The average Bonchev–Trinajstić information content (AvgIpc) is 2.86. The molecule has 4 rings (SSSR count). The van der Waals surface area contributed by atoms with E-state index in [1.807, 2.05) is 6.92 Å². The highest BCUT2D eigenvalue weighted by atomic mass is 35.5. The predicted molar refractivity (Wildman–Crippen MR) is 135 cm³/mol. The number of amides is 1. The van der Waals surface area contributed by atoms with Crippen molar-refractivity contribution in [2.75, 3.05) is 24.1 Å². The Morgan fingerprint density at radius 3 is 2.43 bits per heavy atom. The summed E-state index contributed by atoms with van der Waals surface area (Å²) in [5.41, 5.74) is 4.79. The van der Waals surface area contributed by atoms with Gasteiger partial charge < -0.3 is 9.47 Å². The zero-order valence-electron chi connectivity index (χ0n) is 19.2. The summed E-state index contributed by atoms with van der Waals surface area (Å²) in [7, 11) is -4.08. The zero-order chi connectivity index (χ0) is 25.0. The van der Waals surface area contributed by atoms with Gasteiger partial charge in [-0.25, -0.2) is 13.8 Å². The van der Waals surface area contributed by atoms with Gasteiger partial charge in [-0.3, -0.25) is 9.10 Å². The molecular weight excluding hydrogens is 490 g/mol. The lowest BCUT2D eigenvalue weighted by Crippen LogP contribution is -2.40. The topological polar surface area (TPSA) is 97.3 Å². The van der Waals surface area contributed by atoms with Crippen LogP contribution in [0.1, 0.15) is 18.1 Å². The number of carbonyl (C=O) groups excluding carboxylic acids is 1. The fourth-order valence-corrected chi connectivity index (χ4v) is 5.16. The normalized spacial score (nSPS) is 13.3. The number of hydrogen-bond acceptors (Lipinski definition) is 6. The SMILES string of the molecule is C/C(=N/NC(=O)CN(c1ccccc1Cl)S(=O)(=O)c1ccc(C)cc1)c1ccc2c(c1)OCCO2. The molecule has 1 heterocycles. The standard InChI is InChI=1S/C25H24ClN3O5S/c1-17-7-10-20(11-8-17)35(31,32)29(22-6-4-3-5-21(22)26)16-25(30)28-27-18(2)19-9-12-23-24(15-19)34-14-13-33-23/h3-12,15H,13-14,16H2,1-2H3,(H,28,30)/b27-18-. The van der Waals surface area contributed by atoms with Crippen molar-refractivity contribution in [2.45, 2.75) is 18.7 Å². The highest BCUT2D eigenvalue weighted by Crippen LogP contribution is 2.31. The van der Waals surface area contributed by atoms with E-state index in [1.54, 1.807) is 61.5 Å². The molecular formula is C25H24ClN3O5S. The van der Waals surface area contributed by atoms with Gasteiger partial charge in [0.15, 0.2) is 11.5 Å². The average molecular weight is 514 g/mol. The summed E-state index contributed by atoms with van der Waals surface area (Å²) in [4.78, 5) is 12.9. The second-order valence-corrected chi connectivity index (χ2v) is 10.1. The van der Waals surface area contributed by atoms with Gasteiger partial charge >= 0.3 is 0 Å². The van der Waals surface area contributed by atoms with Gasteiger partial charge in [0.05, 0.1) is 21.3 Å². The molecule has 0 radical (unpaired) electrons. The van der Waals surface area contributed by atoms with Crippen LogP contribution in [-0.4, -0.2) is 39.8 Å². The van der Waals surface area contributed by atoms with E-state index < -0.39 is 22.5 Å². The van der Waals surface area contributed by atoms with Gasteiger partial charge in [0.2, 0.25) is 0 Å². The molecule has 0 saturated carbocycles. The molecule has 0 atom stereocenters. The van der Waals surface area contributed by atoms with Gasteiger partial charge in [-0.1, -0.05) is 41.4 Å². The summed E-state index contributed by atoms with van der Waals surface area (Å²) in [6.07, 6.45) is 0. The summed E-state index contributed by atoms with van der Waals surface area (Å²) in [5.74, 6) is 0.620. The van der Waals surface area contributed by atoms with E-state index in [4.69, 9.17) is 21.1 Å². The van der Waals surface area contributed by atoms with Crippen LogP contribution in [0.3, 0.4) is 0 Å². The lowest BCUT2D eigenvalue weighted by atomic mass is 10.1. The Balaban J connectivity index is 1.57. The second kappa shape index (κ2) is 10.4. The van der Waals surface area contributed by atoms with Crippen LogP contribution in [0.5, 0.6) is 11.5 Å². The number of halogens is 1. The number of nitrogens with zero attached hydrogens (tertiary/aromatic N) is 2. The van der Waals surface area contributed by atoms with Crippen LogP contribution in [0, 0.1) is 6.92 Å². The number of anilines is 1. The Morgan fingerprint density at radius 2 is 1.71 bits per heavy atom. The number of sulfonamides is 1. The van der Waals surface area contributed by atoms with Crippen molar-refractivity contribution < 1.29 is 22.7 Å². The van der Waals surface area contributed by atoms with E-state index in [0.717, 1.165) is 15.4 Å². The second-order valence-electron chi connectivity index (χ2n) is 7.87. The maximum absolute atomic E-state index is 13.5. The van der Waals surface area contributed by atoms with E-state index in [2.05, 4.69) is 10.5 Å². The third kappa shape index (κ3) is 5.58. The minimum absolute atomic E-state index is 0.0479. The lowest BCUT2D eigenvalue weighted by molar-refractivity contribution is -0.119. The monoisotopic (exact) mass is 513 g/mol. The number of aryl methyl sites for hydroxylation is 1. The molecule has 0 bridgehead atoms. The molecule has 182 valence electrons. The molecule has 1 amide bonds. The molecule has 0 spiro atoms. The molecule has 1 N–H and O–H groups in total. The fraction of sp³-hybridized carbons (Fsp3) is 0.200. The maximum atomic E-state index is 13.5. The third-order valence-electron chi connectivity index (χ3n) is 5.33. The largest absolute Gasteiger partial charge is 0.486 e. The van der Waals surface area contributed by atoms with Crippen LogP contribution in [0.25, 0.3) is 0 Å². The van der Waals surface area contributed by atoms with Gasteiger partial charge in [-0.2, -0.15) is 5.10 Å². The third-order valence-corrected chi connectivity index (χ3v) is 7.42. The van der Waals surface area contributed by atoms with E-state index >= 15 is 0 Å². The van der Waals surface area contributed by atoms with Gasteiger partial charge in [-0.15, -0.1) is 0 Å². The van der Waals surface area contributed by atoms with E-state index in [0.29, 0.717) is 30.4 Å². The number of rotatable bonds is 7. The van der Waals surface area contributed by atoms with Crippen molar-refractivity contribution in [1.82, 2.24) is 5.43 Å². The summed E-state index contributed by atoms with van der Waals surface area (Å²) in [5, 5.41) is 4.35. The van der Waals surface area contributed by atoms with Crippen LogP contribution in [0.4, 0.5) is 5.69 Å². The predicted octanol–water partition coefficient (Wildman–Crippen LogP) is 4.16. The number of benzene rings is 3. The Hall–Kier alpha value is -3.56. The highest BCUT2D eigenvalue weighted by molar-refractivity contribution is 7.92. The van der Waals surface area contributed by atoms with Crippen molar-refractivity contribution in [3.8, 4) is 11.5 Å². The van der Waals surface area contributed by atoms with E-state index in [-0.39, 0.29) is 15.6 Å². The molecule has 0 saturated heterocycles. The number of para-hydroxylation sites is 1. The lowest BCUT2D eigenvalue weighted by Gasteiger charge is -2.24. The molecule has 10 heteroatoms. The highest BCUT2D eigenvalue weighted by Gasteiger charge is 2.28. The number of hydrogen-bond donors (Lipinski definition) is 1. The molecule has 1 aliphatic rings. The number of ether oxygens (including phenoxy) is 2. The molecule has 35 heavy (non-hydrogen) atoms. The van der Waals surface area contributed by atoms with Crippen molar-refractivity contribution in [1.29, 1.82) is 0 Å². The first kappa shape index (κ1) is 24.6. The Morgan fingerprint density at radius 1 is 1.03 bits per heavy atom. The van der Waals surface area contributed by atoms with Crippen LogP contribution < -0.4 is 19.2 Å². The van der Waals surface area contributed by atoms with Crippen molar-refractivity contribution in [3.63, 3.8) is 0 Å². The molecule has 3 aromatic rings. The molecule has 0 aromatic heterocycles. The Labute approximate surface area is 209 Å². The van der Waals surface area contributed by atoms with Crippen molar-refractivity contribution in [2.24, 2.45) is 5.10 Å². The smallest absolute Gasteiger partial charge is 0.264 e. The Bertz CT molecular complexity index is 1370. The fourth-order valence-electron chi connectivity index (χ4n) is 3.44. The first-order valence-electron chi connectivity index (χ1n) is 10.8. The van der Waals surface area contributed by atoms with Gasteiger partial charge in [0, 0.05) is 5.56 Å². The number of hydrazone groups is 1. The summed E-state index contributed by atoms with van der Waals surface area (Å²) < 4.78 is 39.0. The quantitative estimate of drug-likeness (QED) is 0.378. The van der Waals surface area contributed by atoms with Crippen LogP contribution in [0.15, 0.2) is 76.7 Å². The molecule has 3 aromatic carbocycles. The van der Waals surface area contributed by atoms with E-state index in [9.17, 15) is 13.2 Å². The number of fused-ring (bicyclic) bond motifs is 1. The molecule has 0 fully saturated rings. The van der Waals surface area contributed by atoms with Crippen LogP contribution in [-0.2, 0) is 14.8 Å². The summed E-state index contributed by atoms with van der Waals surface area (Å²) in [6.45, 7) is 4.01. The van der Waals surface area contributed by atoms with Crippen molar-refractivity contribution in [3.05, 3.63) is 82.9 Å². The van der Waals surface area contributed by atoms with Crippen molar-refractivity contribution >= 4 is 38.9 Å². The maximum Gasteiger partial charge on any atom is 0.264 e. The minimum Gasteiger partial charge on any atom is -0.486 e. The Kier molecular flexibility index (Phi) is 7.28. The molecule has 0 aliphatic carbocycles. The van der Waals surface area contributed by atoms with Gasteiger partial charge in [-0.05, 0) is 56.3 Å². The van der Waals surface area contributed by atoms with Gasteiger partial charge in [0.1, 0.15) is 19.8 Å². The van der Waals surface area contributed by atoms with E-state index in [1.165, 1.54) is 12.1 Å². The molecule has 8 nitrogen and oxygen atoms in total. The molecule has 0 unspecified atom stereocenters. The van der Waals surface area contributed by atoms with Gasteiger partial charge in [0.25, 0.3) is 15.9 Å². The number of carbonyl (C=O) groups is 1. The van der Waals surface area contributed by atoms with Crippen LogP contribution in [0.2, 0.25) is 5.02 Å². The minimum atomic E-state index is -4.08. The summed E-state index contributed by atoms with van der Waals surface area (Å²) in [6, 6.07) is 18.2. The first-order chi connectivity index (χ1) is 16.8. The van der Waals surface area contributed by atoms with Crippen LogP contribution >= 0.6 is 11.6 Å². The summed E-state index contributed by atoms with van der Waals surface area (Å²) >= 11 is 6.30.